The Morgan fingerprint density at radius 1 is 0.892 bits per heavy atom. The molecule has 0 amide bonds. The first kappa shape index (κ1) is 30.3. The van der Waals surface area contributed by atoms with Gasteiger partial charge in [0.2, 0.25) is 0 Å². The molecule has 2 rings (SSSR count). The summed E-state index contributed by atoms with van der Waals surface area (Å²) in [6, 6.07) is 18.5. The summed E-state index contributed by atoms with van der Waals surface area (Å²) in [5.41, 5.74) is 10.6. The molecule has 0 aromatic heterocycles. The fourth-order valence-corrected chi connectivity index (χ4v) is 4.53. The molecule has 2 aromatic rings. The van der Waals surface area contributed by atoms with Gasteiger partial charge in [0.1, 0.15) is 0 Å². The van der Waals surface area contributed by atoms with Crippen LogP contribution in [0.15, 0.2) is 65.8 Å². The van der Waals surface area contributed by atoms with Gasteiger partial charge < -0.3 is 9.47 Å². The summed E-state index contributed by atoms with van der Waals surface area (Å²) in [5.74, 6) is -0.382. The van der Waals surface area contributed by atoms with Crippen LogP contribution in [0.2, 0.25) is 0 Å². The smallest absolute Gasteiger partial charge is 0.338 e. The molecule has 0 unspecified atom stereocenters. The van der Waals surface area contributed by atoms with Gasteiger partial charge in [-0.1, -0.05) is 60.1 Å². The number of benzene rings is 2. The van der Waals surface area contributed by atoms with Crippen molar-refractivity contribution in [2.75, 3.05) is 19.5 Å². The van der Waals surface area contributed by atoms with E-state index in [9.17, 15) is 13.2 Å². The van der Waals surface area contributed by atoms with Crippen LogP contribution in [-0.4, -0.2) is 46.0 Å². The van der Waals surface area contributed by atoms with Crippen molar-refractivity contribution < 1.29 is 26.9 Å². The standard InChI is InChI=1S/C27H37N3O6S/c1-37(32,33)36-26(17-9-11-21-35-27(31)24-14-6-3-7-15-24)19-18-25(29-30-28)16-8-10-20-34-22-23-12-4-2-5-13-23/h2-7,12-15,25-26H,8-11,16-22H2,1H3/t25-,26+/m1/s1. The van der Waals surface area contributed by atoms with Crippen LogP contribution >= 0.6 is 0 Å². The van der Waals surface area contributed by atoms with E-state index in [0.29, 0.717) is 57.3 Å². The van der Waals surface area contributed by atoms with E-state index in [1.807, 2.05) is 36.4 Å². The number of azide groups is 1. The van der Waals surface area contributed by atoms with E-state index in [1.165, 1.54) is 0 Å². The molecule has 9 nitrogen and oxygen atoms in total. The second-order valence-corrected chi connectivity index (χ2v) is 10.5. The summed E-state index contributed by atoms with van der Waals surface area (Å²) in [7, 11) is -3.63. The SMILES string of the molecule is CS(=O)(=O)O[C@@H](CCCCOC(=O)c1ccccc1)CC[C@@H](CCCCOCc1ccccc1)N=[N+]=[N-]. The summed E-state index contributed by atoms with van der Waals surface area (Å²) >= 11 is 0. The lowest BCUT2D eigenvalue weighted by atomic mass is 10.0. The van der Waals surface area contributed by atoms with E-state index < -0.39 is 16.2 Å². The summed E-state index contributed by atoms with van der Waals surface area (Å²) in [5, 5.41) is 3.89. The fraction of sp³-hybridized carbons (Fsp3) is 0.519. The van der Waals surface area contributed by atoms with Gasteiger partial charge in [0, 0.05) is 17.6 Å². The van der Waals surface area contributed by atoms with Gasteiger partial charge in [-0.25, -0.2) is 4.79 Å². The molecule has 0 aliphatic rings. The van der Waals surface area contributed by atoms with E-state index in [-0.39, 0.29) is 18.6 Å². The first-order valence-electron chi connectivity index (χ1n) is 12.6. The van der Waals surface area contributed by atoms with Crippen LogP contribution in [0, 0.1) is 0 Å². The number of hydrogen-bond donors (Lipinski definition) is 0. The molecule has 0 bridgehead atoms. The molecular weight excluding hydrogens is 494 g/mol. The lowest BCUT2D eigenvalue weighted by Crippen LogP contribution is -2.20. The Morgan fingerprint density at radius 2 is 1.54 bits per heavy atom. The fourth-order valence-electron chi connectivity index (χ4n) is 3.84. The Balaban J connectivity index is 1.69. The number of rotatable bonds is 19. The molecule has 0 aliphatic heterocycles. The van der Waals surface area contributed by atoms with E-state index >= 15 is 0 Å². The highest BCUT2D eigenvalue weighted by Crippen LogP contribution is 2.19. The average molecular weight is 532 g/mol. The number of unbranched alkanes of at least 4 members (excludes halogenated alkanes) is 2. The maximum absolute atomic E-state index is 12.0. The third-order valence-corrected chi connectivity index (χ3v) is 6.32. The molecule has 0 saturated carbocycles. The van der Waals surface area contributed by atoms with Crippen molar-refractivity contribution >= 4 is 16.1 Å². The molecule has 37 heavy (non-hydrogen) atoms. The minimum Gasteiger partial charge on any atom is -0.462 e. The predicted octanol–water partition coefficient (Wildman–Crippen LogP) is 6.20. The third kappa shape index (κ3) is 14.4. The first-order chi connectivity index (χ1) is 17.9. The molecule has 0 aliphatic carbocycles. The van der Waals surface area contributed by atoms with Crippen LogP contribution in [0.4, 0.5) is 0 Å². The molecule has 2 aromatic carbocycles. The van der Waals surface area contributed by atoms with Crippen molar-refractivity contribution in [3.8, 4) is 0 Å². The lowest BCUT2D eigenvalue weighted by Gasteiger charge is -2.18. The molecule has 202 valence electrons. The number of ether oxygens (including phenoxy) is 2. The van der Waals surface area contributed by atoms with Crippen molar-refractivity contribution in [1.82, 2.24) is 0 Å². The van der Waals surface area contributed by atoms with E-state index in [2.05, 4.69) is 10.0 Å². The second kappa shape index (κ2) is 17.5. The number of hydrogen-bond acceptors (Lipinski definition) is 7. The normalized spacial score (nSPS) is 12.9. The van der Waals surface area contributed by atoms with Gasteiger partial charge in [0.15, 0.2) is 0 Å². The lowest BCUT2D eigenvalue weighted by molar-refractivity contribution is 0.0494. The monoisotopic (exact) mass is 531 g/mol. The number of carbonyl (C=O) groups excluding carboxylic acids is 1. The summed E-state index contributed by atoms with van der Waals surface area (Å²) in [4.78, 5) is 15.0. The van der Waals surface area contributed by atoms with E-state index in [0.717, 1.165) is 24.7 Å². The minimum atomic E-state index is -3.63. The molecular formula is C27H37N3O6S. The van der Waals surface area contributed by atoms with Gasteiger partial charge in [-0.15, -0.1) is 0 Å². The van der Waals surface area contributed by atoms with Crippen LogP contribution in [0.3, 0.4) is 0 Å². The predicted molar refractivity (Wildman–Crippen MR) is 142 cm³/mol. The molecule has 0 fully saturated rings. The van der Waals surface area contributed by atoms with Crippen LogP contribution in [0.5, 0.6) is 0 Å². The Bertz CT molecular complexity index is 1060. The molecule has 0 N–H and O–H groups in total. The quantitative estimate of drug-likeness (QED) is 0.0530. The highest BCUT2D eigenvalue weighted by Gasteiger charge is 2.18. The average Bonchev–Trinajstić information content (AvgIpc) is 2.88. The van der Waals surface area contributed by atoms with Crippen LogP contribution in [0.25, 0.3) is 10.4 Å². The zero-order valence-electron chi connectivity index (χ0n) is 21.4. The number of carbonyl (C=O) groups is 1. The molecule has 0 heterocycles. The van der Waals surface area contributed by atoms with Crippen molar-refractivity contribution in [1.29, 1.82) is 0 Å². The van der Waals surface area contributed by atoms with Crippen molar-refractivity contribution in [2.45, 2.75) is 70.1 Å². The Hall–Kier alpha value is -2.91. The minimum absolute atomic E-state index is 0.239. The zero-order chi connectivity index (χ0) is 26.8. The molecule has 0 radical (unpaired) electrons. The number of esters is 1. The Morgan fingerprint density at radius 3 is 2.22 bits per heavy atom. The largest absolute Gasteiger partial charge is 0.462 e. The van der Waals surface area contributed by atoms with E-state index in [4.69, 9.17) is 19.2 Å². The molecule has 2 atom stereocenters. The summed E-state index contributed by atoms with van der Waals surface area (Å²) < 4.78 is 39.7. The molecule has 0 saturated heterocycles. The maximum Gasteiger partial charge on any atom is 0.338 e. The van der Waals surface area contributed by atoms with Gasteiger partial charge in [-0.3, -0.25) is 4.18 Å². The Labute approximate surface area is 219 Å². The van der Waals surface area contributed by atoms with Crippen LogP contribution in [0.1, 0.15) is 67.3 Å². The van der Waals surface area contributed by atoms with E-state index in [1.54, 1.807) is 24.3 Å². The second-order valence-electron chi connectivity index (χ2n) is 8.89. The van der Waals surface area contributed by atoms with Crippen molar-refractivity contribution in [3.63, 3.8) is 0 Å². The van der Waals surface area contributed by atoms with Gasteiger partial charge in [-0.2, -0.15) is 8.42 Å². The topological polar surface area (TPSA) is 128 Å². The number of nitrogens with zero attached hydrogens (tertiary/aromatic N) is 3. The maximum atomic E-state index is 12.0. The van der Waals surface area contributed by atoms with Gasteiger partial charge in [0.25, 0.3) is 10.1 Å². The van der Waals surface area contributed by atoms with Gasteiger partial charge in [-0.05, 0) is 68.2 Å². The zero-order valence-corrected chi connectivity index (χ0v) is 22.2. The van der Waals surface area contributed by atoms with Crippen molar-refractivity contribution in [3.05, 3.63) is 82.2 Å². The summed E-state index contributed by atoms with van der Waals surface area (Å²) in [6.07, 6.45) is 5.57. The first-order valence-corrected chi connectivity index (χ1v) is 14.5. The highest BCUT2D eigenvalue weighted by atomic mass is 32.2. The van der Waals surface area contributed by atoms with Gasteiger partial charge >= 0.3 is 5.97 Å². The molecule has 10 heteroatoms. The van der Waals surface area contributed by atoms with Crippen LogP contribution in [-0.2, 0) is 30.4 Å². The third-order valence-electron chi connectivity index (χ3n) is 5.70. The van der Waals surface area contributed by atoms with Crippen molar-refractivity contribution in [2.24, 2.45) is 5.11 Å². The summed E-state index contributed by atoms with van der Waals surface area (Å²) in [6.45, 7) is 1.43. The molecule has 0 spiro atoms. The van der Waals surface area contributed by atoms with Crippen LogP contribution < -0.4 is 0 Å². The highest BCUT2D eigenvalue weighted by molar-refractivity contribution is 7.86. The Kier molecular flexibility index (Phi) is 14.4. The van der Waals surface area contributed by atoms with Gasteiger partial charge in [0.05, 0.1) is 31.1 Å².